The van der Waals surface area contributed by atoms with Crippen molar-refractivity contribution in [3.8, 4) is 0 Å². The van der Waals surface area contributed by atoms with Crippen LogP contribution in [0.4, 0.5) is 21.0 Å². The first-order valence-corrected chi connectivity index (χ1v) is 12.9. The number of ether oxygens (including phenoxy) is 2. The topological polar surface area (TPSA) is 151 Å². The second-order valence-electron chi connectivity index (χ2n) is 10.5. The number of halogens is 1. The van der Waals surface area contributed by atoms with Crippen molar-refractivity contribution in [1.29, 1.82) is 0 Å². The van der Waals surface area contributed by atoms with Gasteiger partial charge in [0.25, 0.3) is 5.91 Å². The first-order valence-electron chi connectivity index (χ1n) is 12.9. The van der Waals surface area contributed by atoms with E-state index in [1.807, 2.05) is 0 Å². The number of nitrogens with one attached hydrogen (secondary N) is 4. The van der Waals surface area contributed by atoms with Crippen molar-refractivity contribution in [3.63, 3.8) is 0 Å². The number of hydrogen-bond acceptors (Lipinski definition) is 9. The van der Waals surface area contributed by atoms with Gasteiger partial charge in [-0.15, -0.1) is 0 Å². The predicted octanol–water partition coefficient (Wildman–Crippen LogP) is 1.30. The number of anilines is 2. The van der Waals surface area contributed by atoms with Crippen LogP contribution in [0.3, 0.4) is 0 Å². The molecule has 4 N–H and O–H groups in total. The molecule has 14 heteroatoms. The Hall–Kier alpha value is -3.78. The van der Waals surface area contributed by atoms with Gasteiger partial charge in [0.1, 0.15) is 17.4 Å². The first kappa shape index (κ1) is 23.3. The van der Waals surface area contributed by atoms with E-state index < -0.39 is 24.5 Å². The molecule has 3 aromatic heterocycles. The number of imidazole rings is 1. The number of alkyl carbamates (subject to hydrolysis) is 1. The molecular weight excluding hydrogens is 497 g/mol. The number of fused-ring (bicyclic) bond motifs is 1. The van der Waals surface area contributed by atoms with Gasteiger partial charge in [0.05, 0.1) is 12.3 Å². The van der Waals surface area contributed by atoms with Crippen LogP contribution in [0.5, 0.6) is 0 Å². The number of carbonyl (C=O) groups excluding carboxylic acids is 2. The van der Waals surface area contributed by atoms with Gasteiger partial charge in [-0.2, -0.15) is 5.10 Å². The molecule has 2 bridgehead atoms. The molecule has 5 heterocycles. The van der Waals surface area contributed by atoms with E-state index in [-0.39, 0.29) is 18.1 Å². The third-order valence-corrected chi connectivity index (χ3v) is 7.90. The van der Waals surface area contributed by atoms with Crippen molar-refractivity contribution in [2.45, 2.75) is 43.2 Å². The van der Waals surface area contributed by atoms with E-state index in [0.717, 1.165) is 32.4 Å². The number of amides is 2. The second kappa shape index (κ2) is 8.91. The van der Waals surface area contributed by atoms with Gasteiger partial charge in [-0.1, -0.05) is 0 Å². The lowest BCUT2D eigenvalue weighted by atomic mass is 9.50. The molecule has 0 unspecified atom stereocenters. The van der Waals surface area contributed by atoms with Crippen molar-refractivity contribution in [1.82, 2.24) is 40.1 Å². The molecule has 3 aliphatic carbocycles. The maximum Gasteiger partial charge on any atom is 0.408 e. The average Bonchev–Trinajstić information content (AvgIpc) is 3.60. The molecule has 5 fully saturated rings. The van der Waals surface area contributed by atoms with E-state index in [1.54, 1.807) is 33.8 Å². The van der Waals surface area contributed by atoms with E-state index in [1.165, 1.54) is 0 Å². The minimum Gasteiger partial charge on any atom is -0.441 e. The number of alkyl halides is 1. The fraction of sp³-hybridized carbons (Fsp3) is 0.542. The Morgan fingerprint density at radius 3 is 2.82 bits per heavy atom. The lowest BCUT2D eigenvalue weighted by Crippen LogP contribution is -2.68. The number of nitrogens with zero attached hydrogens (tertiary/aromatic N) is 5. The molecule has 2 aliphatic heterocycles. The molecule has 2 saturated heterocycles. The summed E-state index contributed by atoms with van der Waals surface area (Å²) in [6, 6.07) is 3.33. The van der Waals surface area contributed by atoms with Crippen LogP contribution in [0.1, 0.15) is 41.5 Å². The van der Waals surface area contributed by atoms with Gasteiger partial charge in [0.2, 0.25) is 5.95 Å². The third kappa shape index (κ3) is 4.04. The minimum absolute atomic E-state index is 0.0452. The van der Waals surface area contributed by atoms with Crippen LogP contribution in [0, 0.1) is 5.92 Å². The third-order valence-electron chi connectivity index (χ3n) is 7.90. The largest absolute Gasteiger partial charge is 0.441 e. The molecule has 3 saturated carbocycles. The number of carbonyl (C=O) groups is 2. The monoisotopic (exact) mass is 525 g/mol. The molecule has 0 radical (unpaired) electrons. The highest BCUT2D eigenvalue weighted by Gasteiger charge is 2.58. The number of hydrogen-bond donors (Lipinski definition) is 4. The highest BCUT2D eigenvalue weighted by atomic mass is 19.1. The van der Waals surface area contributed by atoms with Crippen LogP contribution in [-0.2, 0) is 9.47 Å². The quantitative estimate of drug-likeness (QED) is 0.373. The van der Waals surface area contributed by atoms with Crippen LogP contribution in [0.2, 0.25) is 0 Å². The molecule has 5 aliphatic rings. The number of aromatic nitrogens is 5. The highest BCUT2D eigenvalue weighted by Crippen LogP contribution is 2.57. The Kier molecular flexibility index (Phi) is 5.47. The SMILES string of the molecule is O=C(NC12CC(C1)C2)O[C@@H]1CO[C@H](c2cc(Nc3nccc4nc(C(=O)N5CCNCC5)cn34)n[nH]2)[C@H]1F. The first-order chi connectivity index (χ1) is 18.5. The summed E-state index contributed by atoms with van der Waals surface area (Å²) in [6.45, 7) is 2.71. The molecule has 8 rings (SSSR count). The van der Waals surface area contributed by atoms with Crippen molar-refractivity contribution in [2.24, 2.45) is 5.92 Å². The Labute approximate surface area is 216 Å². The van der Waals surface area contributed by atoms with Crippen LogP contribution >= 0.6 is 0 Å². The van der Waals surface area contributed by atoms with Gasteiger partial charge >= 0.3 is 6.09 Å². The molecule has 200 valence electrons. The molecule has 3 aromatic rings. The zero-order valence-corrected chi connectivity index (χ0v) is 20.5. The summed E-state index contributed by atoms with van der Waals surface area (Å²) >= 11 is 0. The summed E-state index contributed by atoms with van der Waals surface area (Å²) in [5.74, 6) is 1.35. The van der Waals surface area contributed by atoms with Crippen LogP contribution in [0.25, 0.3) is 5.65 Å². The van der Waals surface area contributed by atoms with Gasteiger partial charge < -0.3 is 30.3 Å². The van der Waals surface area contributed by atoms with Crippen molar-refractivity contribution >= 4 is 29.4 Å². The highest BCUT2D eigenvalue weighted by molar-refractivity contribution is 5.93. The maximum atomic E-state index is 15.2. The lowest BCUT2D eigenvalue weighted by Gasteiger charge is -2.61. The average molecular weight is 526 g/mol. The standard InChI is InChI=1S/C24H28FN9O4/c25-19-16(38-23(36)30-24-8-13(9-24)10-24)12-37-20(19)14-7-17(32-31-14)29-22-27-2-1-18-28-15(11-34(18)22)21(35)33-5-3-26-4-6-33/h1-2,7,11,13,16,19-20,26H,3-6,8-10,12H2,(H,30,36)(H2,27,29,31,32)/t13?,16-,19+,20-,24?/m1/s1. The van der Waals surface area contributed by atoms with Gasteiger partial charge in [0, 0.05) is 50.2 Å². The van der Waals surface area contributed by atoms with Crippen LogP contribution in [0.15, 0.2) is 24.5 Å². The fourth-order valence-electron chi connectivity index (χ4n) is 5.76. The Bertz CT molecular complexity index is 1370. The summed E-state index contributed by atoms with van der Waals surface area (Å²) in [4.78, 5) is 35.7. The van der Waals surface area contributed by atoms with Crippen molar-refractivity contribution in [2.75, 3.05) is 38.1 Å². The van der Waals surface area contributed by atoms with Crippen molar-refractivity contribution < 1.29 is 23.5 Å². The number of rotatable bonds is 6. The van der Waals surface area contributed by atoms with Crippen LogP contribution in [-0.4, -0.2) is 92.1 Å². The Morgan fingerprint density at radius 1 is 1.24 bits per heavy atom. The maximum absolute atomic E-state index is 15.2. The Balaban J connectivity index is 1.01. The molecule has 0 aromatic carbocycles. The number of piperazine rings is 1. The molecular formula is C24H28FN9O4. The second-order valence-corrected chi connectivity index (χ2v) is 10.5. The summed E-state index contributed by atoms with van der Waals surface area (Å²) in [5, 5.41) is 16.2. The summed E-state index contributed by atoms with van der Waals surface area (Å²) in [6.07, 6.45) is 2.05. The number of aromatic amines is 1. The van der Waals surface area contributed by atoms with E-state index in [4.69, 9.17) is 9.47 Å². The van der Waals surface area contributed by atoms with Gasteiger partial charge in [-0.25, -0.2) is 19.2 Å². The minimum atomic E-state index is -1.55. The Morgan fingerprint density at radius 2 is 2.05 bits per heavy atom. The van der Waals surface area contributed by atoms with E-state index in [2.05, 4.69) is 36.1 Å². The zero-order chi connectivity index (χ0) is 25.9. The van der Waals surface area contributed by atoms with E-state index in [0.29, 0.717) is 47.8 Å². The van der Waals surface area contributed by atoms with Gasteiger partial charge in [0.15, 0.2) is 18.1 Å². The molecule has 38 heavy (non-hydrogen) atoms. The molecule has 2 amide bonds. The van der Waals surface area contributed by atoms with Gasteiger partial charge in [-0.3, -0.25) is 14.3 Å². The van der Waals surface area contributed by atoms with E-state index >= 15 is 4.39 Å². The fourth-order valence-corrected chi connectivity index (χ4v) is 5.76. The number of H-pyrrole nitrogens is 1. The molecule has 13 nitrogen and oxygen atoms in total. The lowest BCUT2D eigenvalue weighted by molar-refractivity contribution is -0.0528. The summed E-state index contributed by atoms with van der Waals surface area (Å²) < 4.78 is 27.8. The van der Waals surface area contributed by atoms with Gasteiger partial charge in [-0.05, 0) is 31.2 Å². The zero-order valence-electron chi connectivity index (χ0n) is 20.5. The summed E-state index contributed by atoms with van der Waals surface area (Å²) in [7, 11) is 0. The predicted molar refractivity (Wildman–Crippen MR) is 131 cm³/mol. The smallest absolute Gasteiger partial charge is 0.408 e. The molecule has 3 atom stereocenters. The van der Waals surface area contributed by atoms with Crippen LogP contribution < -0.4 is 16.0 Å². The van der Waals surface area contributed by atoms with E-state index in [9.17, 15) is 9.59 Å². The normalized spacial score (nSPS) is 30.0. The summed E-state index contributed by atoms with van der Waals surface area (Å²) in [5.41, 5.74) is 1.14. The molecule has 0 spiro atoms. The van der Waals surface area contributed by atoms with Crippen molar-refractivity contribution in [3.05, 3.63) is 35.9 Å².